The zero-order chi connectivity index (χ0) is 17.5. The summed E-state index contributed by atoms with van der Waals surface area (Å²) in [5.41, 5.74) is 0.721. The molecule has 7 heteroatoms. The Labute approximate surface area is 139 Å². The van der Waals surface area contributed by atoms with Crippen molar-refractivity contribution in [2.24, 2.45) is 0 Å². The Morgan fingerprint density at radius 3 is 2.92 bits per heavy atom. The molecule has 0 spiro atoms. The number of hydrogen-bond donors (Lipinski definition) is 1. The van der Waals surface area contributed by atoms with Gasteiger partial charge >= 0.3 is 6.09 Å². The summed E-state index contributed by atoms with van der Waals surface area (Å²) in [5, 5.41) is 2.79. The van der Waals surface area contributed by atoms with Crippen molar-refractivity contribution in [3.63, 3.8) is 0 Å². The molecule has 24 heavy (non-hydrogen) atoms. The van der Waals surface area contributed by atoms with Gasteiger partial charge in [0, 0.05) is 6.54 Å². The van der Waals surface area contributed by atoms with E-state index < -0.39 is 17.5 Å². The number of ether oxygens (including phenoxy) is 2. The van der Waals surface area contributed by atoms with E-state index in [1.54, 1.807) is 26.8 Å². The van der Waals surface area contributed by atoms with Crippen LogP contribution in [0.4, 0.5) is 9.18 Å². The molecular formula is C17H22FN3O3. The van der Waals surface area contributed by atoms with Crippen LogP contribution in [0.1, 0.15) is 46.0 Å². The number of benzene rings is 1. The normalized spacial score (nSPS) is 15.5. The first-order chi connectivity index (χ1) is 11.3. The second kappa shape index (κ2) is 5.96. The topological polar surface area (TPSA) is 65.4 Å². The minimum absolute atomic E-state index is 0.230. The van der Waals surface area contributed by atoms with Crippen molar-refractivity contribution in [2.75, 3.05) is 6.61 Å². The third-order valence-electron chi connectivity index (χ3n) is 3.74. The number of halogens is 1. The SMILES string of the molecule is C[C@H](NC(=O)OC(C)(C)C)c1nc2ccc(F)c3c2n1CCCO3. The van der Waals surface area contributed by atoms with Gasteiger partial charge in [-0.1, -0.05) is 0 Å². The first kappa shape index (κ1) is 16.5. The number of nitrogens with one attached hydrogen (secondary N) is 1. The summed E-state index contributed by atoms with van der Waals surface area (Å²) in [6, 6.07) is 2.61. The standard InChI is InChI=1S/C17H22FN3O3/c1-10(19-16(22)24-17(2,3)4)15-20-12-7-6-11(18)14-13(12)21(15)8-5-9-23-14/h6-7,10H,5,8-9H2,1-4H3,(H,19,22)/t10-/m0/s1. The van der Waals surface area contributed by atoms with E-state index >= 15 is 0 Å². The van der Waals surface area contributed by atoms with Crippen LogP contribution in [0.15, 0.2) is 12.1 Å². The maximum atomic E-state index is 14.1. The molecule has 6 nitrogen and oxygen atoms in total. The molecule has 1 amide bonds. The highest BCUT2D eigenvalue weighted by molar-refractivity contribution is 5.83. The fraction of sp³-hybridized carbons (Fsp3) is 0.529. The molecule has 1 aromatic heterocycles. The lowest BCUT2D eigenvalue weighted by atomic mass is 10.2. The van der Waals surface area contributed by atoms with Gasteiger partial charge in [-0.05, 0) is 46.2 Å². The van der Waals surface area contributed by atoms with Crippen LogP contribution < -0.4 is 10.1 Å². The lowest BCUT2D eigenvalue weighted by Gasteiger charge is -2.22. The number of amides is 1. The van der Waals surface area contributed by atoms with Crippen LogP contribution >= 0.6 is 0 Å². The van der Waals surface area contributed by atoms with Crippen molar-refractivity contribution < 1.29 is 18.7 Å². The van der Waals surface area contributed by atoms with Gasteiger partial charge in [0.25, 0.3) is 0 Å². The molecule has 1 N–H and O–H groups in total. The van der Waals surface area contributed by atoms with Crippen molar-refractivity contribution in [1.29, 1.82) is 0 Å². The Morgan fingerprint density at radius 2 is 2.21 bits per heavy atom. The molecule has 2 aromatic rings. The molecule has 1 aliphatic heterocycles. The monoisotopic (exact) mass is 335 g/mol. The Kier molecular flexibility index (Phi) is 4.11. The smallest absolute Gasteiger partial charge is 0.408 e. The van der Waals surface area contributed by atoms with E-state index in [1.807, 2.05) is 11.5 Å². The lowest BCUT2D eigenvalue weighted by molar-refractivity contribution is 0.0505. The average molecular weight is 335 g/mol. The summed E-state index contributed by atoms with van der Waals surface area (Å²) in [5.74, 6) is 0.492. The molecule has 0 unspecified atom stereocenters. The minimum atomic E-state index is -0.572. The minimum Gasteiger partial charge on any atom is -0.488 e. The van der Waals surface area contributed by atoms with Crippen LogP contribution in [0.5, 0.6) is 5.75 Å². The number of carbonyl (C=O) groups is 1. The van der Waals surface area contributed by atoms with E-state index in [4.69, 9.17) is 9.47 Å². The maximum absolute atomic E-state index is 14.1. The fourth-order valence-electron chi connectivity index (χ4n) is 2.83. The third kappa shape index (κ3) is 3.16. The summed E-state index contributed by atoms with van der Waals surface area (Å²) in [7, 11) is 0. The largest absolute Gasteiger partial charge is 0.488 e. The van der Waals surface area contributed by atoms with Crippen molar-refractivity contribution in [2.45, 2.75) is 52.3 Å². The number of imidazole rings is 1. The van der Waals surface area contributed by atoms with Crippen LogP contribution in [-0.2, 0) is 11.3 Å². The molecule has 0 fully saturated rings. The highest BCUT2D eigenvalue weighted by Gasteiger charge is 2.25. The predicted octanol–water partition coefficient (Wildman–Crippen LogP) is 3.54. The zero-order valence-electron chi connectivity index (χ0n) is 14.4. The van der Waals surface area contributed by atoms with Gasteiger partial charge in [-0.2, -0.15) is 0 Å². The second-order valence-electron chi connectivity index (χ2n) is 6.94. The van der Waals surface area contributed by atoms with Crippen molar-refractivity contribution in [3.05, 3.63) is 23.8 Å². The first-order valence-electron chi connectivity index (χ1n) is 8.07. The predicted molar refractivity (Wildman–Crippen MR) is 87.6 cm³/mol. The number of hydrogen-bond acceptors (Lipinski definition) is 4. The number of aryl methyl sites for hydroxylation is 1. The van der Waals surface area contributed by atoms with Gasteiger partial charge < -0.3 is 19.4 Å². The molecule has 0 saturated heterocycles. The summed E-state index contributed by atoms with van der Waals surface area (Å²) in [4.78, 5) is 16.6. The molecule has 0 saturated carbocycles. The molecule has 1 atom stereocenters. The number of alkyl carbamates (subject to hydrolysis) is 1. The molecule has 130 valence electrons. The van der Waals surface area contributed by atoms with Crippen LogP contribution in [-0.4, -0.2) is 27.9 Å². The molecule has 2 heterocycles. The van der Waals surface area contributed by atoms with Crippen molar-refractivity contribution in [3.8, 4) is 5.75 Å². The molecular weight excluding hydrogens is 313 g/mol. The molecule has 3 rings (SSSR count). The Balaban J connectivity index is 1.95. The van der Waals surface area contributed by atoms with Crippen LogP contribution in [0.25, 0.3) is 11.0 Å². The molecule has 1 aliphatic rings. The van der Waals surface area contributed by atoms with E-state index in [0.717, 1.165) is 6.42 Å². The molecule has 0 radical (unpaired) electrons. The van der Waals surface area contributed by atoms with Gasteiger partial charge in [0.2, 0.25) is 0 Å². The molecule has 0 aliphatic carbocycles. The Morgan fingerprint density at radius 1 is 1.46 bits per heavy atom. The average Bonchev–Trinajstić information content (AvgIpc) is 2.67. The van der Waals surface area contributed by atoms with Crippen LogP contribution in [0, 0.1) is 5.82 Å². The van der Waals surface area contributed by atoms with E-state index in [9.17, 15) is 9.18 Å². The summed E-state index contributed by atoms with van der Waals surface area (Å²) < 4.78 is 26.8. The highest BCUT2D eigenvalue weighted by Crippen LogP contribution is 2.33. The summed E-state index contributed by atoms with van der Waals surface area (Å²) >= 11 is 0. The van der Waals surface area contributed by atoms with Crippen LogP contribution in [0.2, 0.25) is 0 Å². The van der Waals surface area contributed by atoms with Gasteiger partial charge in [-0.15, -0.1) is 0 Å². The van der Waals surface area contributed by atoms with Gasteiger partial charge in [0.15, 0.2) is 11.6 Å². The fourth-order valence-corrected chi connectivity index (χ4v) is 2.83. The molecule has 0 bridgehead atoms. The highest BCUT2D eigenvalue weighted by atomic mass is 19.1. The summed E-state index contributed by atoms with van der Waals surface area (Å²) in [6.07, 6.45) is 0.234. The summed E-state index contributed by atoms with van der Waals surface area (Å²) in [6.45, 7) is 8.36. The van der Waals surface area contributed by atoms with Crippen molar-refractivity contribution >= 4 is 17.1 Å². The zero-order valence-corrected chi connectivity index (χ0v) is 14.4. The second-order valence-corrected chi connectivity index (χ2v) is 6.94. The number of nitrogens with zero attached hydrogens (tertiary/aromatic N) is 2. The van der Waals surface area contributed by atoms with Gasteiger partial charge in [0.1, 0.15) is 16.9 Å². The first-order valence-corrected chi connectivity index (χ1v) is 8.07. The van der Waals surface area contributed by atoms with Gasteiger partial charge in [-0.3, -0.25) is 0 Å². The number of carbonyl (C=O) groups excluding carboxylic acids is 1. The lowest BCUT2D eigenvalue weighted by Crippen LogP contribution is -2.35. The van der Waals surface area contributed by atoms with Crippen molar-refractivity contribution in [1.82, 2.24) is 14.9 Å². The molecule has 1 aromatic carbocycles. The van der Waals surface area contributed by atoms with E-state index in [1.165, 1.54) is 6.07 Å². The quantitative estimate of drug-likeness (QED) is 0.911. The Bertz CT molecular complexity index is 779. The van der Waals surface area contributed by atoms with E-state index in [2.05, 4.69) is 10.3 Å². The number of aromatic nitrogens is 2. The Hall–Kier alpha value is -2.31. The van der Waals surface area contributed by atoms with E-state index in [-0.39, 0.29) is 11.8 Å². The van der Waals surface area contributed by atoms with Crippen LogP contribution in [0.3, 0.4) is 0 Å². The maximum Gasteiger partial charge on any atom is 0.408 e. The number of rotatable bonds is 2. The van der Waals surface area contributed by atoms with Gasteiger partial charge in [0.05, 0.1) is 18.2 Å². The third-order valence-corrected chi connectivity index (χ3v) is 3.74. The van der Waals surface area contributed by atoms with Gasteiger partial charge in [-0.25, -0.2) is 14.2 Å². The van der Waals surface area contributed by atoms with E-state index in [0.29, 0.717) is 30.0 Å².